The van der Waals surface area contributed by atoms with Crippen LogP contribution in [0.1, 0.15) is 16.7 Å². The zero-order valence-corrected chi connectivity index (χ0v) is 13.5. The van der Waals surface area contributed by atoms with Crippen molar-refractivity contribution in [2.24, 2.45) is 0 Å². The van der Waals surface area contributed by atoms with E-state index in [9.17, 15) is 9.90 Å². The summed E-state index contributed by atoms with van der Waals surface area (Å²) < 4.78 is 10.8. The van der Waals surface area contributed by atoms with Crippen LogP contribution in [0.25, 0.3) is 22.2 Å². The summed E-state index contributed by atoms with van der Waals surface area (Å²) in [6.07, 6.45) is -0.0354. The van der Waals surface area contributed by atoms with Gasteiger partial charge in [-0.25, -0.2) is 0 Å². The molecule has 0 radical (unpaired) electrons. The smallest absolute Gasteiger partial charge is 0.307 e. The number of fused-ring (bicyclic) bond motifs is 2. The lowest BCUT2D eigenvalue weighted by atomic mass is 10.00. The van der Waals surface area contributed by atoms with Crippen molar-refractivity contribution in [1.82, 2.24) is 4.98 Å². The SMILES string of the molecule is Cc1ccc2c(CC(=O)O)c(-c3ccc4c(c3)OCO4)[nH]c2c1C. The van der Waals surface area contributed by atoms with Gasteiger partial charge >= 0.3 is 5.97 Å². The lowest BCUT2D eigenvalue weighted by Crippen LogP contribution is -2.01. The number of aromatic amines is 1. The van der Waals surface area contributed by atoms with Gasteiger partial charge in [-0.1, -0.05) is 12.1 Å². The maximum atomic E-state index is 11.4. The molecule has 0 saturated carbocycles. The van der Waals surface area contributed by atoms with Gasteiger partial charge in [0.15, 0.2) is 11.5 Å². The predicted molar refractivity (Wildman–Crippen MR) is 90.7 cm³/mol. The second-order valence-corrected chi connectivity index (χ2v) is 6.05. The first-order valence-electron chi connectivity index (χ1n) is 7.77. The molecule has 0 atom stereocenters. The fourth-order valence-electron chi connectivity index (χ4n) is 3.20. The van der Waals surface area contributed by atoms with E-state index in [4.69, 9.17) is 9.47 Å². The molecule has 2 heterocycles. The van der Waals surface area contributed by atoms with E-state index in [1.54, 1.807) is 0 Å². The molecule has 0 saturated heterocycles. The first-order valence-corrected chi connectivity index (χ1v) is 7.77. The molecule has 0 bridgehead atoms. The van der Waals surface area contributed by atoms with Gasteiger partial charge in [-0.05, 0) is 48.7 Å². The Labute approximate surface area is 138 Å². The van der Waals surface area contributed by atoms with Crippen LogP contribution in [0.5, 0.6) is 11.5 Å². The van der Waals surface area contributed by atoms with Gasteiger partial charge in [0, 0.05) is 16.5 Å². The van der Waals surface area contributed by atoms with Crippen LogP contribution in [0.3, 0.4) is 0 Å². The number of carboxylic acid groups (broad SMARTS) is 1. The quantitative estimate of drug-likeness (QED) is 0.769. The number of aryl methyl sites for hydroxylation is 2. The highest BCUT2D eigenvalue weighted by Gasteiger charge is 2.20. The average molecular weight is 323 g/mol. The predicted octanol–water partition coefficient (Wildman–Crippen LogP) is 3.81. The number of nitrogens with one attached hydrogen (secondary N) is 1. The monoisotopic (exact) mass is 323 g/mol. The van der Waals surface area contributed by atoms with Gasteiger partial charge in [-0.2, -0.15) is 0 Å². The first-order chi connectivity index (χ1) is 11.5. The fourth-order valence-corrected chi connectivity index (χ4v) is 3.20. The molecule has 122 valence electrons. The molecule has 1 aliphatic rings. The molecule has 4 rings (SSSR count). The molecule has 0 fully saturated rings. The van der Waals surface area contributed by atoms with Gasteiger partial charge in [0.05, 0.1) is 12.1 Å². The van der Waals surface area contributed by atoms with E-state index >= 15 is 0 Å². The van der Waals surface area contributed by atoms with Crippen molar-refractivity contribution in [2.75, 3.05) is 6.79 Å². The second kappa shape index (κ2) is 5.30. The van der Waals surface area contributed by atoms with E-state index in [0.717, 1.165) is 33.3 Å². The highest BCUT2D eigenvalue weighted by atomic mass is 16.7. The number of aliphatic carboxylic acids is 1. The molecular formula is C19H17NO4. The van der Waals surface area contributed by atoms with E-state index in [1.807, 2.05) is 44.2 Å². The first kappa shape index (κ1) is 14.6. The summed E-state index contributed by atoms with van der Waals surface area (Å²) in [6, 6.07) is 9.68. The van der Waals surface area contributed by atoms with Gasteiger partial charge in [-0.15, -0.1) is 0 Å². The van der Waals surface area contributed by atoms with Crippen molar-refractivity contribution in [1.29, 1.82) is 0 Å². The average Bonchev–Trinajstić information content (AvgIpc) is 3.15. The molecule has 5 heteroatoms. The van der Waals surface area contributed by atoms with Gasteiger partial charge in [0.25, 0.3) is 0 Å². The minimum Gasteiger partial charge on any atom is -0.481 e. The summed E-state index contributed by atoms with van der Waals surface area (Å²) in [5.41, 5.74) is 5.79. The zero-order chi connectivity index (χ0) is 16.8. The minimum atomic E-state index is -0.851. The Kier molecular flexibility index (Phi) is 3.23. The van der Waals surface area contributed by atoms with Crippen molar-refractivity contribution < 1.29 is 19.4 Å². The number of hydrogen-bond acceptors (Lipinski definition) is 3. The number of ether oxygens (including phenoxy) is 2. The number of hydrogen-bond donors (Lipinski definition) is 2. The van der Waals surface area contributed by atoms with E-state index in [1.165, 1.54) is 5.56 Å². The Morgan fingerprint density at radius 3 is 2.75 bits per heavy atom. The molecule has 3 aromatic rings. The molecule has 0 unspecified atom stereocenters. The highest BCUT2D eigenvalue weighted by molar-refractivity contribution is 5.96. The summed E-state index contributed by atoms with van der Waals surface area (Å²) in [5, 5.41) is 10.3. The van der Waals surface area contributed by atoms with Gasteiger partial charge < -0.3 is 19.6 Å². The van der Waals surface area contributed by atoms with Crippen molar-refractivity contribution >= 4 is 16.9 Å². The Balaban J connectivity index is 1.96. The number of benzene rings is 2. The Hall–Kier alpha value is -2.95. The van der Waals surface area contributed by atoms with Crippen LogP contribution >= 0.6 is 0 Å². The second-order valence-electron chi connectivity index (χ2n) is 6.05. The Morgan fingerprint density at radius 1 is 1.17 bits per heavy atom. The number of aromatic nitrogens is 1. The number of H-pyrrole nitrogens is 1. The van der Waals surface area contributed by atoms with Crippen LogP contribution in [0.15, 0.2) is 30.3 Å². The van der Waals surface area contributed by atoms with Crippen LogP contribution in [-0.4, -0.2) is 22.9 Å². The van der Waals surface area contributed by atoms with Crippen LogP contribution < -0.4 is 9.47 Å². The van der Waals surface area contributed by atoms with Gasteiger partial charge in [-0.3, -0.25) is 4.79 Å². The van der Waals surface area contributed by atoms with Gasteiger partial charge in [0.1, 0.15) is 0 Å². The molecule has 24 heavy (non-hydrogen) atoms. The van der Waals surface area contributed by atoms with Crippen molar-refractivity contribution in [3.8, 4) is 22.8 Å². The Bertz CT molecular complexity index is 971. The fraction of sp³-hybridized carbons (Fsp3) is 0.211. The van der Waals surface area contributed by atoms with Crippen molar-refractivity contribution in [3.63, 3.8) is 0 Å². The molecule has 1 aliphatic heterocycles. The topological polar surface area (TPSA) is 71.6 Å². The molecule has 0 spiro atoms. The lowest BCUT2D eigenvalue weighted by Gasteiger charge is -2.04. The molecular weight excluding hydrogens is 306 g/mol. The summed E-state index contributed by atoms with van der Waals surface area (Å²) in [5.74, 6) is 0.540. The van der Waals surface area contributed by atoms with E-state index in [2.05, 4.69) is 4.98 Å². The molecule has 2 N–H and O–H groups in total. The summed E-state index contributed by atoms with van der Waals surface area (Å²) >= 11 is 0. The number of rotatable bonds is 3. The van der Waals surface area contributed by atoms with E-state index < -0.39 is 5.97 Å². The largest absolute Gasteiger partial charge is 0.481 e. The van der Waals surface area contributed by atoms with Crippen LogP contribution in [-0.2, 0) is 11.2 Å². The standard InChI is InChI=1S/C19H17NO4/c1-10-3-5-13-14(8-17(21)22)19(20-18(13)11(10)2)12-4-6-15-16(7-12)24-9-23-15/h3-7,20H,8-9H2,1-2H3,(H,21,22). The van der Waals surface area contributed by atoms with Crippen LogP contribution in [0.2, 0.25) is 0 Å². The summed E-state index contributed by atoms with van der Waals surface area (Å²) in [6.45, 7) is 4.31. The van der Waals surface area contributed by atoms with E-state index in [0.29, 0.717) is 11.5 Å². The van der Waals surface area contributed by atoms with Crippen molar-refractivity contribution in [2.45, 2.75) is 20.3 Å². The molecule has 2 aromatic carbocycles. The maximum Gasteiger partial charge on any atom is 0.307 e. The van der Waals surface area contributed by atoms with E-state index in [-0.39, 0.29) is 13.2 Å². The highest BCUT2D eigenvalue weighted by Crippen LogP contribution is 2.39. The maximum absolute atomic E-state index is 11.4. The Morgan fingerprint density at radius 2 is 1.96 bits per heavy atom. The number of carbonyl (C=O) groups is 1. The third-order valence-electron chi connectivity index (χ3n) is 4.60. The molecule has 0 amide bonds. The minimum absolute atomic E-state index is 0.0354. The number of carboxylic acids is 1. The third kappa shape index (κ3) is 2.21. The lowest BCUT2D eigenvalue weighted by molar-refractivity contribution is -0.136. The van der Waals surface area contributed by atoms with Crippen LogP contribution in [0, 0.1) is 13.8 Å². The summed E-state index contributed by atoms with van der Waals surface area (Å²) in [7, 11) is 0. The molecule has 1 aromatic heterocycles. The zero-order valence-electron chi connectivity index (χ0n) is 13.5. The summed E-state index contributed by atoms with van der Waals surface area (Å²) in [4.78, 5) is 14.8. The molecule has 5 nitrogen and oxygen atoms in total. The van der Waals surface area contributed by atoms with Gasteiger partial charge in [0.2, 0.25) is 6.79 Å². The molecule has 0 aliphatic carbocycles. The van der Waals surface area contributed by atoms with Crippen molar-refractivity contribution in [3.05, 3.63) is 47.0 Å². The van der Waals surface area contributed by atoms with Crippen LogP contribution in [0.4, 0.5) is 0 Å². The third-order valence-corrected chi connectivity index (χ3v) is 4.60. The normalized spacial score (nSPS) is 12.8.